The molecule has 0 radical (unpaired) electrons. The lowest BCUT2D eigenvalue weighted by Crippen LogP contribution is -2.25. The van der Waals surface area contributed by atoms with Crippen molar-refractivity contribution >= 4 is 5.97 Å². The molecular formula is C34H39FO4. The fourth-order valence-electron chi connectivity index (χ4n) is 6.97. The number of aryl methyl sites for hydroxylation is 1. The van der Waals surface area contributed by atoms with E-state index in [9.17, 15) is 9.90 Å². The van der Waals surface area contributed by atoms with Crippen molar-refractivity contribution in [2.45, 2.75) is 83.7 Å². The summed E-state index contributed by atoms with van der Waals surface area (Å²) in [4.78, 5) is 11.6. The molecule has 0 aromatic heterocycles. The zero-order valence-electron chi connectivity index (χ0n) is 23.5. The predicted molar refractivity (Wildman–Crippen MR) is 152 cm³/mol. The Bertz CT molecular complexity index is 1380. The molecule has 0 heterocycles. The monoisotopic (exact) mass is 530 g/mol. The average Bonchev–Trinajstić information content (AvgIpc) is 3.46. The van der Waals surface area contributed by atoms with E-state index in [1.165, 1.54) is 11.6 Å². The second-order valence-corrected chi connectivity index (χ2v) is 12.0. The van der Waals surface area contributed by atoms with E-state index < -0.39 is 5.97 Å². The third kappa shape index (κ3) is 5.28. The lowest BCUT2D eigenvalue weighted by molar-refractivity contribution is -0.138. The number of hydrogen-bond acceptors (Lipinski definition) is 3. The molecule has 5 rings (SSSR count). The lowest BCUT2D eigenvalue weighted by Gasteiger charge is -2.30. The molecule has 0 spiro atoms. The maximum atomic E-state index is 15.1. The van der Waals surface area contributed by atoms with Gasteiger partial charge in [-0.05, 0) is 102 Å². The number of methoxy groups -OCH3 is 1. The molecule has 2 aliphatic carbocycles. The summed E-state index contributed by atoms with van der Waals surface area (Å²) in [5.41, 5.74) is 5.80. The third-order valence-corrected chi connectivity index (χ3v) is 9.31. The quantitative estimate of drug-likeness (QED) is 0.302. The topological polar surface area (TPSA) is 55.8 Å². The Morgan fingerprint density at radius 3 is 2.51 bits per heavy atom. The van der Waals surface area contributed by atoms with E-state index in [1.807, 2.05) is 18.2 Å². The Morgan fingerprint density at radius 2 is 1.82 bits per heavy atom. The Morgan fingerprint density at radius 1 is 1.03 bits per heavy atom. The smallest absolute Gasteiger partial charge is 0.304 e. The van der Waals surface area contributed by atoms with Crippen LogP contribution in [0.25, 0.3) is 11.1 Å². The van der Waals surface area contributed by atoms with Crippen molar-refractivity contribution in [3.63, 3.8) is 0 Å². The van der Waals surface area contributed by atoms with E-state index in [0.29, 0.717) is 23.8 Å². The zero-order valence-corrected chi connectivity index (χ0v) is 23.5. The summed E-state index contributed by atoms with van der Waals surface area (Å²) in [7, 11) is 1.60. The highest BCUT2D eigenvalue weighted by atomic mass is 19.1. The van der Waals surface area contributed by atoms with Crippen LogP contribution in [0, 0.1) is 11.2 Å². The van der Waals surface area contributed by atoms with E-state index in [2.05, 4.69) is 39.0 Å². The van der Waals surface area contributed by atoms with Crippen LogP contribution in [0.1, 0.15) is 87.5 Å². The molecule has 5 heteroatoms. The van der Waals surface area contributed by atoms with Gasteiger partial charge in [0, 0.05) is 11.0 Å². The van der Waals surface area contributed by atoms with Crippen LogP contribution >= 0.6 is 0 Å². The van der Waals surface area contributed by atoms with Crippen LogP contribution in [0.3, 0.4) is 0 Å². The highest BCUT2D eigenvalue weighted by Crippen LogP contribution is 2.51. The summed E-state index contributed by atoms with van der Waals surface area (Å²) >= 11 is 0. The Hall–Kier alpha value is -3.34. The molecule has 0 aliphatic heterocycles. The van der Waals surface area contributed by atoms with Crippen LogP contribution in [0.4, 0.5) is 4.39 Å². The normalized spacial score (nSPS) is 21.5. The molecule has 3 aromatic rings. The van der Waals surface area contributed by atoms with Gasteiger partial charge in [-0.1, -0.05) is 51.5 Å². The average molecular weight is 531 g/mol. The van der Waals surface area contributed by atoms with Crippen LogP contribution < -0.4 is 9.47 Å². The van der Waals surface area contributed by atoms with Crippen molar-refractivity contribution in [1.82, 2.24) is 0 Å². The van der Waals surface area contributed by atoms with E-state index in [1.54, 1.807) is 19.2 Å². The van der Waals surface area contributed by atoms with Crippen molar-refractivity contribution in [2.75, 3.05) is 7.11 Å². The van der Waals surface area contributed by atoms with E-state index >= 15 is 4.39 Å². The van der Waals surface area contributed by atoms with Gasteiger partial charge in [-0.15, -0.1) is 0 Å². The molecule has 2 aliphatic rings. The van der Waals surface area contributed by atoms with Gasteiger partial charge < -0.3 is 14.6 Å². The fraction of sp³-hybridized carbons (Fsp3) is 0.441. The first-order chi connectivity index (χ1) is 18.7. The summed E-state index contributed by atoms with van der Waals surface area (Å²) in [5, 5.41) is 9.56. The summed E-state index contributed by atoms with van der Waals surface area (Å²) in [6.45, 7) is 7.07. The fourth-order valence-corrected chi connectivity index (χ4v) is 6.97. The number of aliphatic carboxylic acids is 1. The van der Waals surface area contributed by atoms with Crippen molar-refractivity contribution in [3.8, 4) is 22.6 Å². The number of fused-ring (bicyclic) bond motifs is 1. The number of carboxylic acid groups (broad SMARTS) is 1. The Kier molecular flexibility index (Phi) is 7.45. The summed E-state index contributed by atoms with van der Waals surface area (Å²) in [6.07, 6.45) is 6.06. The molecule has 206 valence electrons. The molecule has 39 heavy (non-hydrogen) atoms. The first-order valence-electron chi connectivity index (χ1n) is 14.1. The molecule has 0 amide bonds. The molecule has 1 fully saturated rings. The van der Waals surface area contributed by atoms with E-state index in [-0.39, 0.29) is 23.1 Å². The molecule has 0 saturated heterocycles. The highest BCUT2D eigenvalue weighted by molar-refractivity contribution is 5.71. The summed E-state index contributed by atoms with van der Waals surface area (Å²) in [6, 6.07) is 17.3. The Balaban J connectivity index is 1.46. The largest absolute Gasteiger partial charge is 0.497 e. The lowest BCUT2D eigenvalue weighted by atomic mass is 9.75. The second-order valence-electron chi connectivity index (χ2n) is 12.0. The van der Waals surface area contributed by atoms with Crippen LogP contribution in [0.15, 0.2) is 54.6 Å². The molecule has 0 unspecified atom stereocenters. The molecule has 0 bridgehead atoms. The third-order valence-electron chi connectivity index (χ3n) is 9.31. The van der Waals surface area contributed by atoms with Gasteiger partial charge in [0.2, 0.25) is 0 Å². The number of ether oxygens (including phenoxy) is 2. The molecule has 1 saturated carbocycles. The van der Waals surface area contributed by atoms with Crippen LogP contribution in [-0.4, -0.2) is 18.2 Å². The van der Waals surface area contributed by atoms with Crippen molar-refractivity contribution < 1.29 is 23.8 Å². The number of rotatable bonds is 9. The minimum Gasteiger partial charge on any atom is -0.497 e. The van der Waals surface area contributed by atoms with Crippen LogP contribution in [0.2, 0.25) is 0 Å². The molecule has 4 nitrogen and oxygen atoms in total. The number of carbonyl (C=O) groups is 1. The summed E-state index contributed by atoms with van der Waals surface area (Å²) < 4.78 is 26.8. The van der Waals surface area contributed by atoms with Gasteiger partial charge in [-0.3, -0.25) is 4.79 Å². The van der Waals surface area contributed by atoms with E-state index in [0.717, 1.165) is 66.5 Å². The number of halogens is 1. The number of benzene rings is 3. The minimum absolute atomic E-state index is 0.122. The number of hydrogen-bond donors (Lipinski definition) is 1. The second kappa shape index (κ2) is 10.7. The molecule has 3 aromatic carbocycles. The maximum Gasteiger partial charge on any atom is 0.304 e. The van der Waals surface area contributed by atoms with E-state index in [4.69, 9.17) is 9.47 Å². The van der Waals surface area contributed by atoms with Crippen LogP contribution in [0.5, 0.6) is 11.5 Å². The number of carboxylic acids is 1. The van der Waals surface area contributed by atoms with Gasteiger partial charge in [0.25, 0.3) is 0 Å². The van der Waals surface area contributed by atoms with Gasteiger partial charge in [0.1, 0.15) is 23.9 Å². The highest BCUT2D eigenvalue weighted by Gasteiger charge is 2.39. The van der Waals surface area contributed by atoms with Gasteiger partial charge >= 0.3 is 5.97 Å². The molecule has 2 atom stereocenters. The van der Waals surface area contributed by atoms with Gasteiger partial charge in [-0.25, -0.2) is 4.39 Å². The maximum absolute atomic E-state index is 15.1. The first-order valence-corrected chi connectivity index (χ1v) is 14.1. The Labute approximate surface area is 231 Å². The molecular weight excluding hydrogens is 491 g/mol. The van der Waals surface area contributed by atoms with Crippen molar-refractivity contribution in [2.24, 2.45) is 5.41 Å². The summed E-state index contributed by atoms with van der Waals surface area (Å²) in [5.74, 6) is 0.698. The van der Waals surface area contributed by atoms with Crippen molar-refractivity contribution in [1.29, 1.82) is 0 Å². The van der Waals surface area contributed by atoms with Gasteiger partial charge in [0.05, 0.1) is 13.5 Å². The van der Waals surface area contributed by atoms with Gasteiger partial charge in [0.15, 0.2) is 0 Å². The minimum atomic E-state index is -0.758. The van der Waals surface area contributed by atoms with Crippen molar-refractivity contribution in [3.05, 3.63) is 82.7 Å². The zero-order chi connectivity index (χ0) is 27.8. The standard InChI is InChI=1S/C34H39FO4/c1-5-34(20-32(36)37)16-14-23-9-10-25(19-30(23)34)39-21-22-8-12-26(28-18-24(38-4)11-13-31(28)35)27(17-22)29-7-6-15-33(29,2)3/h8-13,17-19,29H,5-7,14-16,20-21H2,1-4H3,(H,36,37)/t29-,34+/m1/s1. The van der Waals surface area contributed by atoms with Gasteiger partial charge in [-0.2, -0.15) is 0 Å². The predicted octanol–water partition coefficient (Wildman–Crippen LogP) is 8.44. The first kappa shape index (κ1) is 27.2. The SMILES string of the molecule is CC[C@@]1(CC(=O)O)CCc2ccc(OCc3ccc(-c4cc(OC)ccc4F)c([C@H]4CCCC4(C)C)c3)cc21. The van der Waals surface area contributed by atoms with Crippen LogP contribution in [-0.2, 0) is 23.2 Å². The molecule has 1 N–H and O–H groups in total.